The van der Waals surface area contributed by atoms with E-state index in [-0.39, 0.29) is 5.41 Å². The lowest BCUT2D eigenvalue weighted by Gasteiger charge is -2.29. The lowest BCUT2D eigenvalue weighted by atomic mass is 9.82. The summed E-state index contributed by atoms with van der Waals surface area (Å²) < 4.78 is 2.39. The van der Waals surface area contributed by atoms with Crippen LogP contribution in [-0.4, -0.2) is 4.57 Å². The van der Waals surface area contributed by atoms with Gasteiger partial charge in [-0.25, -0.2) is 0 Å². The molecule has 9 aromatic rings. The molecule has 0 N–H and O–H groups in total. The molecule has 0 aliphatic heterocycles. The van der Waals surface area contributed by atoms with Crippen molar-refractivity contribution in [1.29, 1.82) is 0 Å². The van der Waals surface area contributed by atoms with Crippen LogP contribution in [0.25, 0.3) is 38.6 Å². The van der Waals surface area contributed by atoms with Crippen molar-refractivity contribution in [3.63, 3.8) is 0 Å². The Morgan fingerprint density at radius 3 is 1.30 bits per heavy atom. The summed E-state index contributed by atoms with van der Waals surface area (Å²) in [5.41, 5.74) is 15.4. The van der Waals surface area contributed by atoms with Crippen LogP contribution in [0.4, 0.5) is 34.1 Å². The first kappa shape index (κ1) is 31.9. The number of rotatable bonds is 7. The molecule has 0 fully saturated rings. The van der Waals surface area contributed by atoms with Gasteiger partial charge in [-0.15, -0.1) is 0 Å². The second-order valence-electron chi connectivity index (χ2n) is 14.7. The number of benzene rings is 8. The number of fused-ring (bicyclic) bond motifs is 6. The van der Waals surface area contributed by atoms with Gasteiger partial charge in [0, 0.05) is 56.0 Å². The molecule has 1 aromatic heterocycles. The molecule has 1 aliphatic carbocycles. The molecule has 3 heteroatoms. The molecule has 10 rings (SSSR count). The summed E-state index contributed by atoms with van der Waals surface area (Å²) in [5, 5.41) is 2.50. The Bertz CT molecular complexity index is 2750. The first-order valence-corrected chi connectivity index (χ1v) is 18.7. The van der Waals surface area contributed by atoms with Crippen molar-refractivity contribution in [1.82, 2.24) is 4.57 Å². The van der Waals surface area contributed by atoms with Crippen LogP contribution < -0.4 is 9.80 Å². The topological polar surface area (TPSA) is 11.4 Å². The van der Waals surface area contributed by atoms with Gasteiger partial charge in [0.1, 0.15) is 0 Å². The van der Waals surface area contributed by atoms with Gasteiger partial charge in [-0.05, 0) is 113 Å². The fourth-order valence-electron chi connectivity index (χ4n) is 8.57. The molecule has 0 amide bonds. The molecule has 0 saturated heterocycles. The molecule has 0 unspecified atom stereocenters. The third-order valence-electron chi connectivity index (χ3n) is 11.1. The Kier molecular flexibility index (Phi) is 7.48. The first-order valence-electron chi connectivity index (χ1n) is 18.7. The number of hydrogen-bond acceptors (Lipinski definition) is 2. The van der Waals surface area contributed by atoms with Gasteiger partial charge in [0.2, 0.25) is 0 Å². The molecule has 1 aliphatic rings. The van der Waals surface area contributed by atoms with E-state index in [1.165, 1.54) is 44.1 Å². The van der Waals surface area contributed by atoms with Crippen molar-refractivity contribution in [3.8, 4) is 16.8 Å². The van der Waals surface area contributed by atoms with E-state index in [0.29, 0.717) is 0 Å². The van der Waals surface area contributed by atoms with Crippen molar-refractivity contribution in [2.24, 2.45) is 0 Å². The van der Waals surface area contributed by atoms with Gasteiger partial charge < -0.3 is 14.4 Å². The molecule has 1 heterocycles. The molecular formula is C51H39N3. The smallest absolute Gasteiger partial charge is 0.0561 e. The van der Waals surface area contributed by atoms with E-state index in [0.717, 1.165) is 39.8 Å². The van der Waals surface area contributed by atoms with Gasteiger partial charge in [-0.1, -0.05) is 123 Å². The Balaban J connectivity index is 1.11. The van der Waals surface area contributed by atoms with E-state index in [9.17, 15) is 0 Å². The maximum absolute atomic E-state index is 2.42. The highest BCUT2D eigenvalue weighted by atomic mass is 15.1. The predicted octanol–water partition coefficient (Wildman–Crippen LogP) is 14.0. The molecule has 3 nitrogen and oxygen atoms in total. The van der Waals surface area contributed by atoms with Crippen LogP contribution in [0.2, 0.25) is 0 Å². The van der Waals surface area contributed by atoms with Crippen LogP contribution >= 0.6 is 0 Å². The van der Waals surface area contributed by atoms with Crippen molar-refractivity contribution in [2.45, 2.75) is 19.3 Å². The Morgan fingerprint density at radius 2 is 0.759 bits per heavy atom. The highest BCUT2D eigenvalue weighted by Gasteiger charge is 2.37. The molecule has 0 bridgehead atoms. The number of para-hydroxylation sites is 5. The number of hydrogen-bond donors (Lipinski definition) is 0. The van der Waals surface area contributed by atoms with Crippen molar-refractivity contribution in [2.75, 3.05) is 9.80 Å². The molecular weight excluding hydrogens is 655 g/mol. The lowest BCUT2D eigenvalue weighted by molar-refractivity contribution is 0.660. The first-order chi connectivity index (χ1) is 26.6. The van der Waals surface area contributed by atoms with Crippen molar-refractivity contribution in [3.05, 3.63) is 211 Å². The van der Waals surface area contributed by atoms with E-state index < -0.39 is 0 Å². The fourth-order valence-corrected chi connectivity index (χ4v) is 8.57. The highest BCUT2D eigenvalue weighted by Crippen LogP contribution is 2.52. The summed E-state index contributed by atoms with van der Waals surface area (Å²) in [6, 6.07) is 72.5. The molecule has 54 heavy (non-hydrogen) atoms. The normalized spacial score (nSPS) is 12.8. The summed E-state index contributed by atoms with van der Waals surface area (Å²) in [7, 11) is 0. The van der Waals surface area contributed by atoms with E-state index in [1.807, 2.05) is 0 Å². The van der Waals surface area contributed by atoms with Gasteiger partial charge >= 0.3 is 0 Å². The van der Waals surface area contributed by atoms with Gasteiger partial charge in [0.15, 0.2) is 0 Å². The van der Waals surface area contributed by atoms with Crippen LogP contribution in [0.5, 0.6) is 0 Å². The van der Waals surface area contributed by atoms with Gasteiger partial charge in [0.25, 0.3) is 0 Å². The molecule has 258 valence electrons. The second-order valence-corrected chi connectivity index (χ2v) is 14.7. The van der Waals surface area contributed by atoms with E-state index in [1.54, 1.807) is 0 Å². The molecule has 0 atom stereocenters. The number of nitrogens with zero attached hydrogens (tertiary/aromatic N) is 3. The number of anilines is 6. The second kappa shape index (κ2) is 12.7. The molecule has 0 saturated carbocycles. The lowest BCUT2D eigenvalue weighted by Crippen LogP contribution is -2.17. The predicted molar refractivity (Wildman–Crippen MR) is 228 cm³/mol. The van der Waals surface area contributed by atoms with E-state index >= 15 is 0 Å². The van der Waals surface area contributed by atoms with Crippen LogP contribution in [0.1, 0.15) is 25.0 Å². The summed E-state index contributed by atoms with van der Waals surface area (Å²) in [6.07, 6.45) is 0. The maximum atomic E-state index is 2.42. The van der Waals surface area contributed by atoms with Crippen LogP contribution in [0.3, 0.4) is 0 Å². The van der Waals surface area contributed by atoms with Gasteiger partial charge in [-0.2, -0.15) is 0 Å². The zero-order valence-corrected chi connectivity index (χ0v) is 30.4. The summed E-state index contributed by atoms with van der Waals surface area (Å²) in [4.78, 5) is 4.76. The van der Waals surface area contributed by atoms with Crippen LogP contribution in [-0.2, 0) is 5.41 Å². The van der Waals surface area contributed by atoms with Crippen molar-refractivity contribution < 1.29 is 0 Å². The van der Waals surface area contributed by atoms with Crippen LogP contribution in [0.15, 0.2) is 200 Å². The minimum Gasteiger partial charge on any atom is -0.310 e. The third kappa shape index (κ3) is 5.12. The van der Waals surface area contributed by atoms with Gasteiger partial charge in [0.05, 0.1) is 11.0 Å². The number of aromatic nitrogens is 1. The van der Waals surface area contributed by atoms with Crippen LogP contribution in [0, 0.1) is 0 Å². The zero-order chi connectivity index (χ0) is 36.2. The molecule has 8 aromatic carbocycles. The average Bonchev–Trinajstić information content (AvgIpc) is 3.67. The maximum Gasteiger partial charge on any atom is 0.0561 e. The fraction of sp³-hybridized carbons (Fsp3) is 0.0588. The van der Waals surface area contributed by atoms with E-state index in [4.69, 9.17) is 0 Å². The monoisotopic (exact) mass is 693 g/mol. The quantitative estimate of drug-likeness (QED) is 0.165. The summed E-state index contributed by atoms with van der Waals surface area (Å²) in [5.74, 6) is 0. The minimum atomic E-state index is -0.220. The van der Waals surface area contributed by atoms with E-state index in [2.05, 4.69) is 228 Å². The largest absolute Gasteiger partial charge is 0.310 e. The average molecular weight is 694 g/mol. The molecule has 0 spiro atoms. The van der Waals surface area contributed by atoms with Crippen molar-refractivity contribution >= 4 is 55.9 Å². The summed E-state index contributed by atoms with van der Waals surface area (Å²) in [6.45, 7) is 4.75. The zero-order valence-electron chi connectivity index (χ0n) is 30.4. The third-order valence-corrected chi connectivity index (χ3v) is 11.1. The Hall–Kier alpha value is -6.84. The SMILES string of the molecule is CC1(C)c2cc(N(c3ccccc3)c3ccccc3)ccc2-c2ccc(N(c3ccccc3)c3ccc4c5ccccc5n(-c5ccccc5)c4c3)cc21. The summed E-state index contributed by atoms with van der Waals surface area (Å²) >= 11 is 0. The van der Waals surface area contributed by atoms with Gasteiger partial charge in [-0.3, -0.25) is 0 Å². The minimum absolute atomic E-state index is 0.220. The molecule has 0 radical (unpaired) electrons. The standard InChI is InChI=1S/C51H39N3/c1-51(2)47-33-40(52(36-17-7-3-8-18-36)37-19-9-4-10-20-37)27-30-43(47)44-31-28-41(34-48(44)51)53(38-21-11-5-12-22-38)42-29-32-46-45-25-15-16-26-49(45)54(50(46)35-42)39-23-13-6-14-24-39/h3-35H,1-2H3. The Labute approximate surface area is 316 Å². The highest BCUT2D eigenvalue weighted by molar-refractivity contribution is 6.10. The Morgan fingerprint density at radius 1 is 0.352 bits per heavy atom.